The number of hydrogen-bond acceptors (Lipinski definition) is 5. The molecule has 0 unspecified atom stereocenters. The summed E-state index contributed by atoms with van der Waals surface area (Å²) in [5, 5.41) is 12.9. The third kappa shape index (κ3) is 4.54. The zero-order valence-electron chi connectivity index (χ0n) is 19.9. The van der Waals surface area contributed by atoms with Gasteiger partial charge in [0, 0.05) is 36.6 Å². The number of aromatic nitrogens is 1. The predicted molar refractivity (Wildman–Crippen MR) is 125 cm³/mol. The number of alkyl carbamates (subject to hydrolysis) is 1. The standard InChI is InChI=1S/C25H31FN4O3/c1-14-22-19(17(12-27)10-21(31)30(22)18-6-7-18)11-20(26)23(14)29-9-8-16(13-29)15(2)28-24(32)33-25(3,4)5/h10-11,15-16,18H,6-9,13H2,1-5H3,(H,28,32)/t15-,16+/m0/s1. The number of fused-ring (bicyclic) bond motifs is 1. The largest absolute Gasteiger partial charge is 0.444 e. The van der Waals surface area contributed by atoms with Crippen LogP contribution in [0.2, 0.25) is 0 Å². The highest BCUT2D eigenvalue weighted by Gasteiger charge is 2.33. The lowest BCUT2D eigenvalue weighted by atomic mass is 10.0. The molecule has 2 atom stereocenters. The second-order valence-corrected chi connectivity index (χ2v) is 10.3. The van der Waals surface area contributed by atoms with Gasteiger partial charge in [-0.05, 0) is 71.4 Å². The highest BCUT2D eigenvalue weighted by atomic mass is 19.1. The molecule has 2 heterocycles. The fourth-order valence-electron chi connectivity index (χ4n) is 4.84. The number of amides is 1. The van der Waals surface area contributed by atoms with E-state index in [9.17, 15) is 14.9 Å². The van der Waals surface area contributed by atoms with Gasteiger partial charge in [0.15, 0.2) is 0 Å². The Morgan fingerprint density at radius 1 is 1.30 bits per heavy atom. The summed E-state index contributed by atoms with van der Waals surface area (Å²) in [6.45, 7) is 10.4. The second-order valence-electron chi connectivity index (χ2n) is 10.3. The molecular weight excluding hydrogens is 423 g/mol. The number of carbonyl (C=O) groups excluding carboxylic acids is 1. The van der Waals surface area contributed by atoms with Crippen molar-refractivity contribution < 1.29 is 13.9 Å². The zero-order valence-corrected chi connectivity index (χ0v) is 19.9. The first-order chi connectivity index (χ1) is 15.5. The average Bonchev–Trinajstić information content (AvgIpc) is 3.42. The molecule has 33 heavy (non-hydrogen) atoms. The number of benzene rings is 1. The van der Waals surface area contributed by atoms with Crippen LogP contribution in [-0.4, -0.2) is 35.4 Å². The molecule has 1 aliphatic heterocycles. The van der Waals surface area contributed by atoms with E-state index in [4.69, 9.17) is 4.74 Å². The first-order valence-electron chi connectivity index (χ1n) is 11.5. The van der Waals surface area contributed by atoms with Crippen LogP contribution >= 0.6 is 0 Å². The van der Waals surface area contributed by atoms with Gasteiger partial charge in [-0.25, -0.2) is 9.18 Å². The number of ether oxygens (including phenoxy) is 1. The maximum Gasteiger partial charge on any atom is 0.407 e. The van der Waals surface area contributed by atoms with E-state index in [-0.39, 0.29) is 29.1 Å². The van der Waals surface area contributed by atoms with Gasteiger partial charge < -0.3 is 19.5 Å². The molecule has 2 fully saturated rings. The van der Waals surface area contributed by atoms with Gasteiger partial charge in [0.2, 0.25) is 0 Å². The number of nitrogens with one attached hydrogen (secondary N) is 1. The van der Waals surface area contributed by atoms with Crippen LogP contribution in [0.1, 0.15) is 64.1 Å². The zero-order chi connectivity index (χ0) is 24.1. The van der Waals surface area contributed by atoms with Crippen LogP contribution in [0.15, 0.2) is 16.9 Å². The monoisotopic (exact) mass is 454 g/mol. The predicted octanol–water partition coefficient (Wildman–Crippen LogP) is 4.40. The minimum atomic E-state index is -0.573. The van der Waals surface area contributed by atoms with Crippen LogP contribution in [0.25, 0.3) is 10.9 Å². The Balaban J connectivity index is 1.64. The number of hydrogen-bond donors (Lipinski definition) is 1. The van der Waals surface area contributed by atoms with E-state index in [0.29, 0.717) is 35.2 Å². The summed E-state index contributed by atoms with van der Waals surface area (Å²) in [6, 6.07) is 4.73. The Hall–Kier alpha value is -3.08. The highest BCUT2D eigenvalue weighted by Crippen LogP contribution is 2.40. The molecule has 1 aromatic heterocycles. The number of anilines is 1. The number of rotatable bonds is 4. The average molecular weight is 455 g/mol. The van der Waals surface area contributed by atoms with Crippen molar-refractivity contribution in [2.45, 2.75) is 71.6 Å². The Morgan fingerprint density at radius 3 is 2.61 bits per heavy atom. The normalized spacial score (nSPS) is 19.4. The molecule has 1 aromatic carbocycles. The first kappa shape index (κ1) is 23.1. The molecule has 1 aliphatic carbocycles. The van der Waals surface area contributed by atoms with E-state index in [1.54, 1.807) is 4.57 Å². The Kier molecular flexibility index (Phi) is 5.85. The van der Waals surface area contributed by atoms with Crippen molar-refractivity contribution in [2.75, 3.05) is 18.0 Å². The van der Waals surface area contributed by atoms with Crippen LogP contribution in [0.4, 0.5) is 14.9 Å². The van der Waals surface area contributed by atoms with Gasteiger partial charge in [-0.2, -0.15) is 5.26 Å². The highest BCUT2D eigenvalue weighted by molar-refractivity contribution is 5.92. The lowest BCUT2D eigenvalue weighted by molar-refractivity contribution is 0.0494. The molecule has 1 saturated carbocycles. The van der Waals surface area contributed by atoms with Crippen molar-refractivity contribution in [1.82, 2.24) is 9.88 Å². The van der Waals surface area contributed by atoms with E-state index in [2.05, 4.69) is 11.4 Å². The fourth-order valence-corrected chi connectivity index (χ4v) is 4.84. The summed E-state index contributed by atoms with van der Waals surface area (Å²) >= 11 is 0. The van der Waals surface area contributed by atoms with Gasteiger partial charge in [-0.1, -0.05) is 0 Å². The fraction of sp³-hybridized carbons (Fsp3) is 0.560. The number of halogens is 1. The minimum absolute atomic E-state index is 0.106. The van der Waals surface area contributed by atoms with Gasteiger partial charge >= 0.3 is 6.09 Å². The summed E-state index contributed by atoms with van der Waals surface area (Å²) in [5.41, 5.74) is 1.22. The topological polar surface area (TPSA) is 87.4 Å². The Bertz CT molecular complexity index is 1200. The minimum Gasteiger partial charge on any atom is -0.444 e. The molecule has 7 nitrogen and oxygen atoms in total. The molecular formula is C25H31FN4O3. The van der Waals surface area contributed by atoms with Crippen LogP contribution < -0.4 is 15.8 Å². The molecule has 0 radical (unpaired) electrons. The van der Waals surface area contributed by atoms with Gasteiger partial charge in [-0.3, -0.25) is 4.79 Å². The molecule has 2 aromatic rings. The van der Waals surface area contributed by atoms with Crippen LogP contribution in [-0.2, 0) is 4.74 Å². The third-order valence-corrected chi connectivity index (χ3v) is 6.52. The van der Waals surface area contributed by atoms with E-state index in [0.717, 1.165) is 19.3 Å². The summed E-state index contributed by atoms with van der Waals surface area (Å²) in [6.07, 6.45) is 2.15. The van der Waals surface area contributed by atoms with Gasteiger partial charge in [-0.15, -0.1) is 0 Å². The van der Waals surface area contributed by atoms with Gasteiger partial charge in [0.1, 0.15) is 17.5 Å². The van der Waals surface area contributed by atoms with Gasteiger partial charge in [0.05, 0.1) is 16.8 Å². The van der Waals surface area contributed by atoms with Crippen molar-refractivity contribution in [3.63, 3.8) is 0 Å². The summed E-state index contributed by atoms with van der Waals surface area (Å²) < 4.78 is 22.5. The quantitative estimate of drug-likeness (QED) is 0.740. The van der Waals surface area contributed by atoms with Crippen LogP contribution in [0, 0.1) is 30.0 Å². The first-order valence-corrected chi connectivity index (χ1v) is 11.5. The number of nitrogens with zero attached hydrogens (tertiary/aromatic N) is 3. The van der Waals surface area contributed by atoms with Gasteiger partial charge in [0.25, 0.3) is 5.56 Å². The summed E-state index contributed by atoms with van der Waals surface area (Å²) in [5.74, 6) is -0.269. The number of aryl methyl sites for hydroxylation is 1. The number of carbonyl (C=O) groups is 1. The SMILES string of the molecule is Cc1c(N2CC[C@@H]([C@H](C)NC(=O)OC(C)(C)C)C2)c(F)cc2c(C#N)cc(=O)n(C3CC3)c12. The van der Waals surface area contributed by atoms with Crippen molar-refractivity contribution in [3.05, 3.63) is 39.4 Å². The second kappa shape index (κ2) is 8.36. The molecule has 0 bridgehead atoms. The van der Waals surface area contributed by atoms with E-state index < -0.39 is 17.5 Å². The Morgan fingerprint density at radius 2 is 2.00 bits per heavy atom. The number of nitriles is 1. The molecule has 0 spiro atoms. The smallest absolute Gasteiger partial charge is 0.407 e. The van der Waals surface area contributed by atoms with E-state index in [1.165, 1.54) is 12.1 Å². The number of pyridine rings is 1. The van der Waals surface area contributed by atoms with Crippen LogP contribution in [0.5, 0.6) is 0 Å². The maximum absolute atomic E-state index is 15.4. The molecule has 1 saturated heterocycles. The summed E-state index contributed by atoms with van der Waals surface area (Å²) in [7, 11) is 0. The van der Waals surface area contributed by atoms with Crippen molar-refractivity contribution in [3.8, 4) is 6.07 Å². The van der Waals surface area contributed by atoms with E-state index >= 15 is 4.39 Å². The van der Waals surface area contributed by atoms with Crippen LogP contribution in [0.3, 0.4) is 0 Å². The van der Waals surface area contributed by atoms with Crippen molar-refractivity contribution in [1.29, 1.82) is 5.26 Å². The van der Waals surface area contributed by atoms with E-state index in [1.807, 2.05) is 39.5 Å². The lowest BCUT2D eigenvalue weighted by Crippen LogP contribution is -2.42. The molecule has 1 amide bonds. The maximum atomic E-state index is 15.4. The summed E-state index contributed by atoms with van der Waals surface area (Å²) in [4.78, 5) is 26.9. The molecule has 176 valence electrons. The lowest BCUT2D eigenvalue weighted by Gasteiger charge is -2.26. The molecule has 4 rings (SSSR count). The molecule has 1 N–H and O–H groups in total. The third-order valence-electron chi connectivity index (χ3n) is 6.52. The Labute approximate surface area is 193 Å². The van der Waals surface area contributed by atoms with Crippen molar-refractivity contribution >= 4 is 22.7 Å². The van der Waals surface area contributed by atoms with Crippen molar-refractivity contribution in [2.24, 2.45) is 5.92 Å². The molecule has 8 heteroatoms. The molecule has 2 aliphatic rings.